The Hall–Kier alpha value is -2.60. The summed E-state index contributed by atoms with van der Waals surface area (Å²) in [5, 5.41) is 5.69. The van der Waals surface area contributed by atoms with Gasteiger partial charge in [-0.3, -0.25) is 4.79 Å². The fourth-order valence-corrected chi connectivity index (χ4v) is 6.22. The summed E-state index contributed by atoms with van der Waals surface area (Å²) in [5.74, 6) is -1.13. The Morgan fingerprint density at radius 1 is 0.946 bits per heavy atom. The summed E-state index contributed by atoms with van der Waals surface area (Å²) < 4.78 is 106. The van der Waals surface area contributed by atoms with E-state index in [4.69, 9.17) is 0 Å². The normalized spacial score (nSPS) is 19.9. The highest BCUT2D eigenvalue weighted by atomic mass is 32.2. The highest BCUT2D eigenvalue weighted by Crippen LogP contribution is 2.37. The van der Waals surface area contributed by atoms with Crippen LogP contribution >= 0.6 is 0 Å². The topological polar surface area (TPSA) is 75.3 Å². The van der Waals surface area contributed by atoms with E-state index < -0.39 is 56.9 Å². The number of alkyl halides is 6. The van der Waals surface area contributed by atoms with Crippen LogP contribution in [0.5, 0.6) is 0 Å². The number of carbonyl (C=O) groups excluding carboxylic acids is 1. The van der Waals surface area contributed by atoms with E-state index in [0.29, 0.717) is 24.6 Å². The van der Waals surface area contributed by atoms with E-state index in [2.05, 4.69) is 10.6 Å². The van der Waals surface area contributed by atoms with Crippen LogP contribution in [0.2, 0.25) is 0 Å². The van der Waals surface area contributed by atoms with Gasteiger partial charge < -0.3 is 10.6 Å². The Bertz CT molecular complexity index is 1230. The van der Waals surface area contributed by atoms with Crippen LogP contribution in [-0.4, -0.2) is 32.7 Å². The molecule has 1 saturated carbocycles. The third-order valence-electron chi connectivity index (χ3n) is 6.68. The van der Waals surface area contributed by atoms with Gasteiger partial charge in [-0.1, -0.05) is 18.6 Å². The lowest BCUT2D eigenvalue weighted by Gasteiger charge is -2.32. The largest absolute Gasteiger partial charge is 0.417 e. The van der Waals surface area contributed by atoms with Crippen LogP contribution in [0.1, 0.15) is 65.2 Å². The van der Waals surface area contributed by atoms with Crippen molar-refractivity contribution in [2.75, 3.05) is 12.3 Å². The maximum Gasteiger partial charge on any atom is 0.417 e. The molecule has 1 aliphatic carbocycles. The number of nitrogens with one attached hydrogen (secondary N) is 2. The molecule has 0 spiro atoms. The average molecular weight is 549 g/mol. The first-order chi connectivity index (χ1) is 17.3. The summed E-state index contributed by atoms with van der Waals surface area (Å²) in [5.41, 5.74) is -3.55. The van der Waals surface area contributed by atoms with E-state index in [0.717, 1.165) is 25.7 Å². The van der Waals surface area contributed by atoms with Crippen LogP contribution in [-0.2, 0) is 22.2 Å². The molecule has 2 aromatic rings. The van der Waals surface area contributed by atoms with Crippen molar-refractivity contribution in [3.05, 3.63) is 64.7 Å². The molecule has 2 aliphatic rings. The number of benzene rings is 2. The Morgan fingerprint density at radius 3 is 2.16 bits per heavy atom. The summed E-state index contributed by atoms with van der Waals surface area (Å²) in [6, 6.07) is 5.19. The number of hydrogen-bond donors (Lipinski definition) is 2. The third kappa shape index (κ3) is 6.64. The summed E-state index contributed by atoms with van der Waals surface area (Å²) in [4.78, 5) is 13.2. The summed E-state index contributed by atoms with van der Waals surface area (Å²) in [7, 11) is -3.51. The van der Waals surface area contributed by atoms with Gasteiger partial charge in [0.2, 0.25) is 0 Å². The number of carbonyl (C=O) groups is 1. The summed E-state index contributed by atoms with van der Waals surface area (Å²) in [6.45, 7) is 0.586. The molecule has 202 valence electrons. The van der Waals surface area contributed by atoms with E-state index in [1.807, 2.05) is 0 Å². The van der Waals surface area contributed by atoms with Crippen LogP contribution in [0, 0.1) is 5.92 Å². The first-order valence-corrected chi connectivity index (χ1v) is 13.6. The van der Waals surface area contributed by atoms with E-state index in [1.165, 1.54) is 24.3 Å². The molecular formula is C25H26F6N2O3S. The van der Waals surface area contributed by atoms with Crippen molar-refractivity contribution in [2.24, 2.45) is 5.92 Å². The standard InChI is InChI=1S/C25H26F6N2O3S/c26-24(27,28)17-8-11-20(25(29,30)31)19(13-17)23(34)33-22(21-3-1-2-12-32-21)16-6-9-18(10-7-16)37(35,36)14-15-4-5-15/h6-11,13,15,21-22,32H,1-5,12,14H2,(H,33,34). The molecule has 2 atom stereocenters. The zero-order chi connectivity index (χ0) is 27.0. The van der Waals surface area contributed by atoms with Crippen molar-refractivity contribution in [3.63, 3.8) is 0 Å². The third-order valence-corrected chi connectivity index (χ3v) is 8.59. The van der Waals surface area contributed by atoms with E-state index in [-0.39, 0.29) is 28.7 Å². The number of amides is 1. The minimum Gasteiger partial charge on any atom is -0.344 e. The van der Waals surface area contributed by atoms with Gasteiger partial charge in [-0.25, -0.2) is 8.42 Å². The highest BCUT2D eigenvalue weighted by molar-refractivity contribution is 7.91. The highest BCUT2D eigenvalue weighted by Gasteiger charge is 2.39. The van der Waals surface area contributed by atoms with Gasteiger partial charge in [0.05, 0.1) is 33.4 Å². The van der Waals surface area contributed by atoms with E-state index in [9.17, 15) is 39.6 Å². The van der Waals surface area contributed by atoms with Crippen LogP contribution in [0.25, 0.3) is 0 Å². The van der Waals surface area contributed by atoms with Crippen LogP contribution in [0.3, 0.4) is 0 Å². The van der Waals surface area contributed by atoms with Crippen LogP contribution < -0.4 is 10.6 Å². The summed E-state index contributed by atoms with van der Waals surface area (Å²) in [6.07, 6.45) is -6.10. The number of halogens is 6. The second-order valence-electron chi connectivity index (χ2n) is 9.56. The Kier molecular flexibility index (Phi) is 7.62. The second kappa shape index (κ2) is 10.3. The molecule has 0 bridgehead atoms. The lowest BCUT2D eigenvalue weighted by molar-refractivity contribution is -0.141. The van der Waals surface area contributed by atoms with Crippen molar-refractivity contribution in [1.82, 2.24) is 10.6 Å². The number of rotatable bonds is 7. The Balaban J connectivity index is 1.66. The van der Waals surface area contributed by atoms with E-state index >= 15 is 0 Å². The molecule has 12 heteroatoms. The van der Waals surface area contributed by atoms with Crippen molar-refractivity contribution in [1.29, 1.82) is 0 Å². The first-order valence-electron chi connectivity index (χ1n) is 11.9. The molecule has 1 saturated heterocycles. The lowest BCUT2D eigenvalue weighted by atomic mass is 9.92. The minimum atomic E-state index is -5.05. The molecule has 5 nitrogen and oxygen atoms in total. The lowest BCUT2D eigenvalue weighted by Crippen LogP contribution is -2.46. The Labute approximate surface area is 210 Å². The first kappa shape index (κ1) is 27.4. The predicted molar refractivity (Wildman–Crippen MR) is 124 cm³/mol. The van der Waals surface area contributed by atoms with Gasteiger partial charge in [0, 0.05) is 6.04 Å². The maximum absolute atomic E-state index is 13.6. The molecule has 1 heterocycles. The molecule has 1 amide bonds. The molecule has 4 rings (SSSR count). The molecule has 1 aliphatic heterocycles. The number of hydrogen-bond acceptors (Lipinski definition) is 4. The molecular weight excluding hydrogens is 522 g/mol. The minimum absolute atomic E-state index is 0.0342. The van der Waals surface area contributed by atoms with Crippen LogP contribution in [0.4, 0.5) is 26.3 Å². The van der Waals surface area contributed by atoms with Crippen molar-refractivity contribution in [3.8, 4) is 0 Å². The van der Waals surface area contributed by atoms with E-state index in [1.54, 1.807) is 0 Å². The summed E-state index contributed by atoms with van der Waals surface area (Å²) >= 11 is 0. The fourth-order valence-electron chi connectivity index (χ4n) is 4.53. The molecule has 2 unspecified atom stereocenters. The van der Waals surface area contributed by atoms with Gasteiger partial charge in [0.15, 0.2) is 9.84 Å². The quantitative estimate of drug-likeness (QED) is 0.447. The van der Waals surface area contributed by atoms with Gasteiger partial charge in [-0.05, 0) is 74.0 Å². The molecule has 2 aromatic carbocycles. The fraction of sp³-hybridized carbons (Fsp3) is 0.480. The zero-order valence-corrected chi connectivity index (χ0v) is 20.4. The zero-order valence-electron chi connectivity index (χ0n) is 19.6. The predicted octanol–water partition coefficient (Wildman–Crippen LogP) is 5.52. The van der Waals surface area contributed by atoms with Crippen LogP contribution in [0.15, 0.2) is 47.4 Å². The smallest absolute Gasteiger partial charge is 0.344 e. The van der Waals surface area contributed by atoms with Gasteiger partial charge in [-0.2, -0.15) is 26.3 Å². The SMILES string of the molecule is O=C(NC(c1ccc(S(=O)(=O)CC2CC2)cc1)C1CCCCN1)c1cc(C(F)(F)F)ccc1C(F)(F)F. The number of sulfone groups is 1. The van der Waals surface area contributed by atoms with Gasteiger partial charge >= 0.3 is 12.4 Å². The monoisotopic (exact) mass is 548 g/mol. The van der Waals surface area contributed by atoms with Crippen molar-refractivity contribution >= 4 is 15.7 Å². The van der Waals surface area contributed by atoms with Gasteiger partial charge in [-0.15, -0.1) is 0 Å². The average Bonchev–Trinajstić information content (AvgIpc) is 3.65. The molecule has 37 heavy (non-hydrogen) atoms. The molecule has 0 radical (unpaired) electrons. The second-order valence-corrected chi connectivity index (χ2v) is 11.6. The molecule has 2 N–H and O–H groups in total. The number of piperidine rings is 1. The van der Waals surface area contributed by atoms with Crippen molar-refractivity contribution in [2.45, 2.75) is 61.4 Å². The van der Waals surface area contributed by atoms with Crippen molar-refractivity contribution < 1.29 is 39.6 Å². The molecule has 0 aromatic heterocycles. The van der Waals surface area contributed by atoms with Gasteiger partial charge in [0.1, 0.15) is 0 Å². The maximum atomic E-state index is 13.6. The Morgan fingerprint density at radius 2 is 1.62 bits per heavy atom. The van der Waals surface area contributed by atoms with Gasteiger partial charge in [0.25, 0.3) is 5.91 Å². The molecule has 2 fully saturated rings.